The molecule has 3 heteroatoms. The Morgan fingerprint density at radius 2 is 2.38 bits per heavy atom. The predicted molar refractivity (Wildman–Crippen MR) is 38.3 cm³/mol. The van der Waals surface area contributed by atoms with Gasteiger partial charge in [-0.2, -0.15) is 0 Å². The van der Waals surface area contributed by atoms with Crippen molar-refractivity contribution in [3.63, 3.8) is 0 Å². The van der Waals surface area contributed by atoms with Crippen molar-refractivity contribution >= 4 is 24.4 Å². The molecule has 0 aromatic heterocycles. The second-order valence-corrected chi connectivity index (χ2v) is 1.94. The van der Waals surface area contributed by atoms with Crippen LogP contribution in [0.5, 0.6) is 0 Å². The van der Waals surface area contributed by atoms with E-state index in [4.69, 9.17) is 0 Å². The maximum Gasteiger partial charge on any atom is 0.0345 e. The van der Waals surface area contributed by atoms with Gasteiger partial charge in [0.2, 0.25) is 0 Å². The van der Waals surface area contributed by atoms with Crippen LogP contribution in [-0.4, -0.2) is 12.4 Å². The first-order valence-electron chi connectivity index (χ1n) is 2.34. The largest absolute Gasteiger partial charge is 0.268 e. The molecule has 0 spiro atoms. The Balaban J connectivity index is 2.51. The van der Waals surface area contributed by atoms with E-state index in [0.29, 0.717) is 0 Å². The van der Waals surface area contributed by atoms with Crippen LogP contribution in [0.15, 0.2) is 21.0 Å². The molecule has 0 atom stereocenters. The summed E-state index contributed by atoms with van der Waals surface area (Å²) < 4.78 is 3.94. The third-order valence-electron chi connectivity index (χ3n) is 0.659. The summed E-state index contributed by atoms with van der Waals surface area (Å²) in [6.45, 7) is 0. The van der Waals surface area contributed by atoms with Crippen LogP contribution in [0.3, 0.4) is 0 Å². The van der Waals surface area contributed by atoms with Gasteiger partial charge in [0.1, 0.15) is 0 Å². The lowest BCUT2D eigenvalue weighted by Gasteiger charge is -1.84. The van der Waals surface area contributed by atoms with Crippen molar-refractivity contribution in [1.29, 1.82) is 0 Å². The molecule has 1 aliphatic heterocycles. The summed E-state index contributed by atoms with van der Waals surface area (Å²) in [6, 6.07) is 0. The van der Waals surface area contributed by atoms with E-state index in [9.17, 15) is 0 Å². The second kappa shape index (κ2) is 3.43. The minimum absolute atomic E-state index is 0.845. The standard InChI is InChI=1S/C5H6N2S/c1-2-6-4-5-8-7-3-1/h2-5H,1H2. The van der Waals surface area contributed by atoms with Gasteiger partial charge in [0, 0.05) is 42.4 Å². The highest BCUT2D eigenvalue weighted by atomic mass is 32.2. The lowest BCUT2D eigenvalue weighted by molar-refractivity contribution is 1.54. The summed E-state index contributed by atoms with van der Waals surface area (Å²) in [6.07, 6.45) is 6.23. The monoisotopic (exact) mass is 126 g/mol. The van der Waals surface area contributed by atoms with Gasteiger partial charge in [-0.1, -0.05) is 0 Å². The van der Waals surface area contributed by atoms with E-state index in [1.807, 2.05) is 17.8 Å². The van der Waals surface area contributed by atoms with Crippen molar-refractivity contribution in [1.82, 2.24) is 0 Å². The number of hydrogen-bond acceptors (Lipinski definition) is 3. The average molecular weight is 126 g/mol. The van der Waals surface area contributed by atoms with Crippen LogP contribution < -0.4 is 0 Å². The molecule has 0 bridgehead atoms. The van der Waals surface area contributed by atoms with Crippen molar-refractivity contribution in [2.75, 3.05) is 0 Å². The van der Waals surface area contributed by atoms with E-state index in [1.165, 1.54) is 11.9 Å². The van der Waals surface area contributed by atoms with Gasteiger partial charge in [-0.3, -0.25) is 4.99 Å². The fourth-order valence-electron chi connectivity index (χ4n) is 0.352. The first kappa shape index (κ1) is 5.56. The molecule has 0 unspecified atom stereocenters. The fraction of sp³-hybridized carbons (Fsp3) is 0.200. The smallest absolute Gasteiger partial charge is 0.0345 e. The highest BCUT2D eigenvalue weighted by molar-refractivity contribution is 8.01. The van der Waals surface area contributed by atoms with Crippen molar-refractivity contribution in [3.8, 4) is 0 Å². The highest BCUT2D eigenvalue weighted by Gasteiger charge is 1.76. The maximum atomic E-state index is 3.94. The summed E-state index contributed by atoms with van der Waals surface area (Å²) in [4.78, 5) is 3.91. The fourth-order valence-corrected chi connectivity index (χ4v) is 0.720. The molecule has 0 aromatic rings. The van der Waals surface area contributed by atoms with Gasteiger partial charge in [-0.15, -0.1) is 0 Å². The summed E-state index contributed by atoms with van der Waals surface area (Å²) in [7, 11) is 0. The van der Waals surface area contributed by atoms with E-state index < -0.39 is 0 Å². The molecule has 0 aromatic carbocycles. The summed E-state index contributed by atoms with van der Waals surface area (Å²) >= 11 is 1.40. The molecule has 0 saturated carbocycles. The minimum Gasteiger partial charge on any atom is -0.268 e. The zero-order valence-corrected chi connectivity index (χ0v) is 5.14. The number of rotatable bonds is 0. The van der Waals surface area contributed by atoms with Crippen molar-refractivity contribution in [2.24, 2.45) is 9.39 Å². The Kier molecular flexibility index (Phi) is 2.39. The lowest BCUT2D eigenvalue weighted by atomic mass is 10.5. The summed E-state index contributed by atoms with van der Waals surface area (Å²) in [5.41, 5.74) is 0. The zero-order valence-electron chi connectivity index (χ0n) is 4.32. The molecule has 42 valence electrons. The van der Waals surface area contributed by atoms with Crippen LogP contribution in [0, 0.1) is 0 Å². The average Bonchev–Trinajstić information content (AvgIpc) is 1.62. The van der Waals surface area contributed by atoms with E-state index in [-0.39, 0.29) is 0 Å². The first-order chi connectivity index (χ1) is 4.00. The Bertz CT molecular complexity index is 121. The van der Waals surface area contributed by atoms with E-state index >= 15 is 0 Å². The van der Waals surface area contributed by atoms with E-state index in [1.54, 1.807) is 6.20 Å². The van der Waals surface area contributed by atoms with Crippen molar-refractivity contribution in [3.05, 3.63) is 11.6 Å². The lowest BCUT2D eigenvalue weighted by Crippen LogP contribution is -1.75. The number of nitrogens with zero attached hydrogens (tertiary/aromatic N) is 2. The van der Waals surface area contributed by atoms with Gasteiger partial charge in [0.05, 0.1) is 0 Å². The van der Waals surface area contributed by atoms with Crippen LogP contribution in [0.4, 0.5) is 0 Å². The third kappa shape index (κ3) is 1.93. The molecule has 0 fully saturated rings. The molecule has 1 aliphatic rings. The van der Waals surface area contributed by atoms with Crippen LogP contribution in [-0.2, 0) is 0 Å². The van der Waals surface area contributed by atoms with Gasteiger partial charge in [0.15, 0.2) is 0 Å². The molecule has 0 aliphatic carbocycles. The molecule has 2 nitrogen and oxygen atoms in total. The Morgan fingerprint density at radius 1 is 1.38 bits per heavy atom. The van der Waals surface area contributed by atoms with Crippen LogP contribution >= 0.6 is 11.9 Å². The maximum absolute atomic E-state index is 3.94. The molecule has 0 amide bonds. The molecule has 8 heavy (non-hydrogen) atoms. The van der Waals surface area contributed by atoms with E-state index in [0.717, 1.165) is 6.42 Å². The zero-order chi connectivity index (χ0) is 5.66. The molecule has 0 saturated heterocycles. The molecule has 1 heterocycles. The van der Waals surface area contributed by atoms with E-state index in [2.05, 4.69) is 9.39 Å². The van der Waals surface area contributed by atoms with Crippen molar-refractivity contribution < 1.29 is 0 Å². The Morgan fingerprint density at radius 3 is 3.38 bits per heavy atom. The first-order valence-corrected chi connectivity index (χ1v) is 3.18. The van der Waals surface area contributed by atoms with Gasteiger partial charge >= 0.3 is 0 Å². The molecule has 1 rings (SSSR count). The van der Waals surface area contributed by atoms with Crippen LogP contribution in [0.2, 0.25) is 0 Å². The Hall–Kier alpha value is -0.570. The van der Waals surface area contributed by atoms with Crippen LogP contribution in [0.1, 0.15) is 6.42 Å². The summed E-state index contributed by atoms with van der Waals surface area (Å²) in [5.74, 6) is 0. The van der Waals surface area contributed by atoms with Gasteiger partial charge < -0.3 is 0 Å². The molecular formula is C5H6N2S. The second-order valence-electron chi connectivity index (χ2n) is 1.25. The topological polar surface area (TPSA) is 24.7 Å². The SMILES string of the molecule is C1=CSN=CCC=N1. The quantitative estimate of drug-likeness (QED) is 0.453. The minimum atomic E-state index is 0.845. The molecule has 0 N–H and O–H groups in total. The third-order valence-corrected chi connectivity index (χ3v) is 1.17. The normalized spacial score (nSPS) is 18.0. The van der Waals surface area contributed by atoms with Gasteiger partial charge in [-0.05, 0) is 0 Å². The van der Waals surface area contributed by atoms with Gasteiger partial charge in [0.25, 0.3) is 0 Å². The Labute approximate surface area is 52.6 Å². The van der Waals surface area contributed by atoms with Crippen molar-refractivity contribution in [2.45, 2.75) is 6.42 Å². The number of aliphatic imine (C=N–C) groups is 1. The molecule has 0 radical (unpaired) electrons. The number of hydrogen-bond donors (Lipinski definition) is 0. The highest BCUT2D eigenvalue weighted by Crippen LogP contribution is 2.03. The summed E-state index contributed by atoms with van der Waals surface area (Å²) in [5, 5.41) is 1.84. The predicted octanol–water partition coefficient (Wildman–Crippen LogP) is 1.65. The van der Waals surface area contributed by atoms with Gasteiger partial charge in [-0.25, -0.2) is 4.40 Å². The molecular weight excluding hydrogens is 120 g/mol. The van der Waals surface area contributed by atoms with Crippen LogP contribution in [0.25, 0.3) is 0 Å².